The van der Waals surface area contributed by atoms with Crippen LogP contribution in [-0.2, 0) is 16.0 Å². The van der Waals surface area contributed by atoms with Crippen molar-refractivity contribution in [3.05, 3.63) is 54.1 Å². The number of fused-ring (bicyclic) bond motifs is 1. The van der Waals surface area contributed by atoms with Crippen LogP contribution in [0.2, 0.25) is 0 Å². The van der Waals surface area contributed by atoms with Gasteiger partial charge in [-0.3, -0.25) is 9.59 Å². The zero-order valence-corrected chi connectivity index (χ0v) is 15.1. The Hall–Kier alpha value is -3.02. The van der Waals surface area contributed by atoms with Crippen molar-refractivity contribution in [2.75, 3.05) is 5.32 Å². The molecule has 1 fully saturated rings. The Morgan fingerprint density at radius 2 is 1.67 bits per heavy atom. The molecular formula is C21H22N2O4. The third kappa shape index (κ3) is 4.22. The highest BCUT2D eigenvalue weighted by Crippen LogP contribution is 2.33. The van der Waals surface area contributed by atoms with Gasteiger partial charge in [0.1, 0.15) is 6.10 Å². The predicted octanol–water partition coefficient (Wildman–Crippen LogP) is 2.67. The van der Waals surface area contributed by atoms with Gasteiger partial charge in [-0.2, -0.15) is 0 Å². The normalized spacial score (nSPS) is 20.6. The molecule has 27 heavy (non-hydrogen) atoms. The quantitative estimate of drug-likeness (QED) is 0.853. The van der Waals surface area contributed by atoms with Crippen molar-refractivity contribution in [1.29, 1.82) is 0 Å². The van der Waals surface area contributed by atoms with Crippen LogP contribution in [0.4, 0.5) is 5.69 Å². The summed E-state index contributed by atoms with van der Waals surface area (Å²) < 4.78 is 11.6. The Morgan fingerprint density at radius 1 is 1.00 bits per heavy atom. The Bertz CT molecular complexity index is 846. The minimum absolute atomic E-state index is 0.0366. The van der Waals surface area contributed by atoms with Crippen molar-refractivity contribution >= 4 is 17.5 Å². The first kappa shape index (κ1) is 17.4. The Labute approximate surface area is 157 Å². The summed E-state index contributed by atoms with van der Waals surface area (Å²) in [5.41, 5.74) is 1.56. The van der Waals surface area contributed by atoms with E-state index in [4.69, 9.17) is 9.47 Å². The second-order valence-electron chi connectivity index (χ2n) is 7.01. The average molecular weight is 366 g/mol. The fourth-order valence-electron chi connectivity index (χ4n) is 3.02. The second kappa shape index (κ2) is 7.31. The Balaban J connectivity index is 1.35. The van der Waals surface area contributed by atoms with Crippen LogP contribution in [0.15, 0.2) is 48.5 Å². The van der Waals surface area contributed by atoms with Gasteiger partial charge in [0, 0.05) is 11.7 Å². The highest BCUT2D eigenvalue weighted by Gasteiger charge is 2.34. The van der Waals surface area contributed by atoms with Crippen molar-refractivity contribution in [3.63, 3.8) is 0 Å². The molecule has 1 aliphatic carbocycles. The number of hydrogen-bond acceptors (Lipinski definition) is 4. The number of nitrogens with one attached hydrogen (secondary N) is 2. The van der Waals surface area contributed by atoms with Crippen LogP contribution < -0.4 is 20.1 Å². The molecule has 0 radical (unpaired) electrons. The number of ether oxygens (including phenoxy) is 2. The van der Waals surface area contributed by atoms with E-state index in [0.29, 0.717) is 29.6 Å². The van der Waals surface area contributed by atoms with Crippen LogP contribution in [-0.4, -0.2) is 30.1 Å². The Kier molecular flexibility index (Phi) is 4.71. The summed E-state index contributed by atoms with van der Waals surface area (Å²) in [7, 11) is 0. The maximum Gasteiger partial charge on any atom is 0.269 e. The fraction of sp³-hybridized carbons (Fsp3) is 0.333. The molecular weight excluding hydrogens is 344 g/mol. The van der Waals surface area contributed by atoms with Gasteiger partial charge >= 0.3 is 0 Å². The highest BCUT2D eigenvalue weighted by molar-refractivity contribution is 5.95. The van der Waals surface area contributed by atoms with Crippen LogP contribution in [0.3, 0.4) is 0 Å². The van der Waals surface area contributed by atoms with Gasteiger partial charge in [-0.25, -0.2) is 0 Å². The number of benzene rings is 2. The molecule has 0 unspecified atom stereocenters. The van der Waals surface area contributed by atoms with E-state index in [-0.39, 0.29) is 11.8 Å². The largest absolute Gasteiger partial charge is 0.482 e. The van der Waals surface area contributed by atoms with Crippen LogP contribution in [0.1, 0.15) is 25.3 Å². The molecule has 2 N–H and O–H groups in total. The number of hydrogen-bond donors (Lipinski definition) is 2. The Morgan fingerprint density at radius 3 is 2.33 bits per heavy atom. The van der Waals surface area contributed by atoms with Crippen molar-refractivity contribution in [3.8, 4) is 11.5 Å². The van der Waals surface area contributed by atoms with Gasteiger partial charge < -0.3 is 20.1 Å². The van der Waals surface area contributed by atoms with Gasteiger partial charge in [0.25, 0.3) is 5.91 Å². The first-order valence-corrected chi connectivity index (χ1v) is 9.20. The highest BCUT2D eigenvalue weighted by atomic mass is 16.6. The zero-order chi connectivity index (χ0) is 18.8. The maximum atomic E-state index is 12.6. The SMILES string of the molecule is C[C@@H]1Oc2ccccc2O[C@H]1C(=O)Nc1ccc(CC(=O)NC2CC2)cc1. The molecule has 0 spiro atoms. The molecule has 0 aromatic heterocycles. The number of anilines is 1. The average Bonchev–Trinajstić information content (AvgIpc) is 3.46. The van der Waals surface area contributed by atoms with Crippen LogP contribution in [0.5, 0.6) is 11.5 Å². The lowest BCUT2D eigenvalue weighted by atomic mass is 10.1. The molecule has 2 aromatic carbocycles. The van der Waals surface area contributed by atoms with Crippen LogP contribution >= 0.6 is 0 Å². The number of carbonyl (C=O) groups excluding carboxylic acids is 2. The van der Waals surface area contributed by atoms with Crippen molar-refractivity contribution < 1.29 is 19.1 Å². The van der Waals surface area contributed by atoms with E-state index in [1.54, 1.807) is 18.2 Å². The first-order chi connectivity index (χ1) is 13.1. The molecule has 2 atom stereocenters. The number of rotatable bonds is 5. The van der Waals surface area contributed by atoms with Gasteiger partial charge in [0.05, 0.1) is 6.42 Å². The lowest BCUT2D eigenvalue weighted by Crippen LogP contribution is -2.46. The van der Waals surface area contributed by atoms with Gasteiger partial charge in [0.2, 0.25) is 12.0 Å². The molecule has 0 bridgehead atoms. The first-order valence-electron chi connectivity index (χ1n) is 9.20. The zero-order valence-electron chi connectivity index (χ0n) is 15.1. The van der Waals surface area contributed by atoms with E-state index in [0.717, 1.165) is 18.4 Å². The summed E-state index contributed by atoms with van der Waals surface area (Å²) in [6, 6.07) is 14.9. The molecule has 2 aromatic rings. The molecule has 140 valence electrons. The minimum Gasteiger partial charge on any atom is -0.482 e. The van der Waals surface area contributed by atoms with Crippen molar-refractivity contribution in [1.82, 2.24) is 5.32 Å². The van der Waals surface area contributed by atoms with Crippen molar-refractivity contribution in [2.45, 2.75) is 44.4 Å². The van der Waals surface area contributed by atoms with Gasteiger partial charge in [0.15, 0.2) is 11.5 Å². The third-order valence-corrected chi connectivity index (χ3v) is 4.63. The molecule has 2 aliphatic rings. The van der Waals surface area contributed by atoms with Gasteiger partial charge in [-0.15, -0.1) is 0 Å². The van der Waals surface area contributed by atoms with E-state index < -0.39 is 12.2 Å². The van der Waals surface area contributed by atoms with E-state index in [2.05, 4.69) is 10.6 Å². The van der Waals surface area contributed by atoms with Crippen LogP contribution in [0.25, 0.3) is 0 Å². The van der Waals surface area contributed by atoms with Gasteiger partial charge in [-0.05, 0) is 49.6 Å². The summed E-state index contributed by atoms with van der Waals surface area (Å²) >= 11 is 0. The standard InChI is InChI=1S/C21H22N2O4/c1-13-20(27-18-5-3-2-4-17(18)26-13)21(25)23-16-8-6-14(7-9-16)12-19(24)22-15-10-11-15/h2-9,13,15,20H,10-12H2,1H3,(H,22,24)(H,23,25)/t13-,20+/m0/s1. The predicted molar refractivity (Wildman–Crippen MR) is 101 cm³/mol. The summed E-state index contributed by atoms with van der Waals surface area (Å²) in [5, 5.41) is 5.82. The molecule has 1 saturated carbocycles. The fourth-order valence-corrected chi connectivity index (χ4v) is 3.02. The summed E-state index contributed by atoms with van der Waals surface area (Å²) in [6.07, 6.45) is 1.37. The number of carbonyl (C=O) groups is 2. The molecule has 2 amide bonds. The topological polar surface area (TPSA) is 76.7 Å². The summed E-state index contributed by atoms with van der Waals surface area (Å²) in [5.74, 6) is 0.974. The molecule has 6 heteroatoms. The number of para-hydroxylation sites is 2. The van der Waals surface area contributed by atoms with E-state index in [9.17, 15) is 9.59 Å². The monoisotopic (exact) mass is 366 g/mol. The van der Waals surface area contributed by atoms with Gasteiger partial charge in [-0.1, -0.05) is 24.3 Å². The smallest absolute Gasteiger partial charge is 0.269 e. The summed E-state index contributed by atoms with van der Waals surface area (Å²) in [4.78, 5) is 24.5. The van der Waals surface area contributed by atoms with E-state index in [1.807, 2.05) is 37.3 Å². The third-order valence-electron chi connectivity index (χ3n) is 4.63. The van der Waals surface area contributed by atoms with Crippen molar-refractivity contribution in [2.24, 2.45) is 0 Å². The summed E-state index contributed by atoms with van der Waals surface area (Å²) in [6.45, 7) is 1.81. The lowest BCUT2D eigenvalue weighted by Gasteiger charge is -2.31. The minimum atomic E-state index is -0.733. The second-order valence-corrected chi connectivity index (χ2v) is 7.01. The molecule has 1 aliphatic heterocycles. The molecule has 6 nitrogen and oxygen atoms in total. The van der Waals surface area contributed by atoms with E-state index in [1.165, 1.54) is 0 Å². The molecule has 4 rings (SSSR count). The molecule has 1 heterocycles. The number of amides is 2. The lowest BCUT2D eigenvalue weighted by molar-refractivity contribution is -0.128. The van der Waals surface area contributed by atoms with Crippen LogP contribution in [0, 0.1) is 0 Å². The van der Waals surface area contributed by atoms with E-state index >= 15 is 0 Å². The maximum absolute atomic E-state index is 12.6. The molecule has 0 saturated heterocycles.